The minimum absolute atomic E-state index is 0.0327. The lowest BCUT2D eigenvalue weighted by molar-refractivity contribution is -0.173. The molecule has 1 aliphatic heterocycles. The minimum Gasteiger partial charge on any atom is -0.398 e. The molecule has 1 heterocycles. The van der Waals surface area contributed by atoms with E-state index in [1.807, 2.05) is 19.1 Å². The molecular weight excluding hydrogens is 363 g/mol. The Labute approximate surface area is 157 Å². The SMILES string of the molecule is Cc1ccc(C(CCOCC(F)(F)F)=C(F)B2OC(C)(C)C(C)(C)O2)cc1. The van der Waals surface area contributed by atoms with E-state index in [0.29, 0.717) is 5.56 Å². The Hall–Kier alpha value is -1.38. The topological polar surface area (TPSA) is 27.7 Å². The van der Waals surface area contributed by atoms with Crippen LogP contribution in [0.5, 0.6) is 0 Å². The molecule has 0 atom stereocenters. The maximum atomic E-state index is 15.3. The third kappa shape index (κ3) is 5.56. The highest BCUT2D eigenvalue weighted by molar-refractivity contribution is 6.55. The first-order valence-electron chi connectivity index (χ1n) is 8.78. The summed E-state index contributed by atoms with van der Waals surface area (Å²) in [6.45, 7) is 7.47. The van der Waals surface area contributed by atoms with Crippen LogP contribution < -0.4 is 0 Å². The molecule has 1 aromatic rings. The predicted molar refractivity (Wildman–Crippen MR) is 96.8 cm³/mol. The molecule has 1 aliphatic rings. The van der Waals surface area contributed by atoms with E-state index in [4.69, 9.17) is 9.31 Å². The van der Waals surface area contributed by atoms with Gasteiger partial charge in [0.05, 0.1) is 17.8 Å². The fraction of sp³-hybridized carbons (Fsp3) is 0.579. The van der Waals surface area contributed by atoms with E-state index in [1.54, 1.807) is 39.8 Å². The molecular formula is C19H25BF4O3. The Morgan fingerprint density at radius 3 is 2.04 bits per heavy atom. The summed E-state index contributed by atoms with van der Waals surface area (Å²) < 4.78 is 68.2. The molecule has 0 bridgehead atoms. The fourth-order valence-corrected chi connectivity index (χ4v) is 2.61. The zero-order valence-corrected chi connectivity index (χ0v) is 16.2. The van der Waals surface area contributed by atoms with Gasteiger partial charge in [0, 0.05) is 0 Å². The second-order valence-electron chi connectivity index (χ2n) is 7.70. The summed E-state index contributed by atoms with van der Waals surface area (Å²) in [5, 5.41) is 0. The van der Waals surface area contributed by atoms with Crippen molar-refractivity contribution in [1.82, 2.24) is 0 Å². The third-order valence-corrected chi connectivity index (χ3v) is 4.91. The molecule has 0 unspecified atom stereocenters. The van der Waals surface area contributed by atoms with Gasteiger partial charge in [0.2, 0.25) is 0 Å². The van der Waals surface area contributed by atoms with Gasteiger partial charge in [0.1, 0.15) is 12.3 Å². The number of benzene rings is 1. The van der Waals surface area contributed by atoms with Crippen LogP contribution >= 0.6 is 0 Å². The van der Waals surface area contributed by atoms with Crippen LogP contribution in [0.15, 0.2) is 30.0 Å². The molecule has 0 amide bonds. The number of halogens is 4. The van der Waals surface area contributed by atoms with Gasteiger partial charge in [-0.25, -0.2) is 4.39 Å². The van der Waals surface area contributed by atoms with E-state index < -0.39 is 36.8 Å². The normalized spacial score (nSPS) is 20.0. The maximum absolute atomic E-state index is 15.3. The summed E-state index contributed by atoms with van der Waals surface area (Å²) in [6.07, 6.45) is -4.45. The lowest BCUT2D eigenvalue weighted by Gasteiger charge is -2.32. The largest absolute Gasteiger partial charge is 0.525 e. The molecule has 0 spiro atoms. The van der Waals surface area contributed by atoms with Gasteiger partial charge in [0.15, 0.2) is 0 Å². The van der Waals surface area contributed by atoms with Crippen molar-refractivity contribution in [2.24, 2.45) is 0 Å². The van der Waals surface area contributed by atoms with Crippen LogP contribution in [0.3, 0.4) is 0 Å². The van der Waals surface area contributed by atoms with E-state index >= 15 is 4.39 Å². The van der Waals surface area contributed by atoms with Gasteiger partial charge in [-0.2, -0.15) is 13.2 Å². The average Bonchev–Trinajstić information content (AvgIpc) is 2.75. The van der Waals surface area contributed by atoms with Crippen molar-refractivity contribution in [2.75, 3.05) is 13.2 Å². The van der Waals surface area contributed by atoms with E-state index in [0.717, 1.165) is 5.56 Å². The Bertz CT molecular complexity index is 665. The monoisotopic (exact) mass is 388 g/mol. The smallest absolute Gasteiger partial charge is 0.398 e. The summed E-state index contributed by atoms with van der Waals surface area (Å²) in [4.78, 5) is 0. The summed E-state index contributed by atoms with van der Waals surface area (Å²) in [6, 6.07) is 7.06. The van der Waals surface area contributed by atoms with Crippen LogP contribution in [0.2, 0.25) is 0 Å². The van der Waals surface area contributed by atoms with Crippen molar-refractivity contribution in [3.05, 3.63) is 41.1 Å². The minimum atomic E-state index is -4.42. The molecule has 0 N–H and O–H groups in total. The molecule has 150 valence electrons. The molecule has 0 saturated carbocycles. The second-order valence-corrected chi connectivity index (χ2v) is 7.70. The average molecular weight is 388 g/mol. The number of hydrogen-bond donors (Lipinski definition) is 0. The molecule has 0 aliphatic carbocycles. The van der Waals surface area contributed by atoms with Crippen molar-refractivity contribution >= 4 is 12.7 Å². The zero-order chi connectivity index (χ0) is 20.5. The van der Waals surface area contributed by atoms with Gasteiger partial charge in [-0.3, -0.25) is 0 Å². The zero-order valence-electron chi connectivity index (χ0n) is 16.2. The molecule has 3 nitrogen and oxygen atoms in total. The molecule has 1 aromatic carbocycles. The van der Waals surface area contributed by atoms with E-state index in [9.17, 15) is 13.2 Å². The van der Waals surface area contributed by atoms with Crippen molar-refractivity contribution in [3.63, 3.8) is 0 Å². The Kier molecular flexibility index (Phi) is 6.44. The number of hydrogen-bond acceptors (Lipinski definition) is 3. The predicted octanol–water partition coefficient (Wildman–Crippen LogP) is 5.28. The molecule has 27 heavy (non-hydrogen) atoms. The summed E-state index contributed by atoms with van der Waals surface area (Å²) in [5.41, 5.74) is -0.324. The summed E-state index contributed by atoms with van der Waals surface area (Å²) >= 11 is 0. The first-order valence-corrected chi connectivity index (χ1v) is 8.78. The molecule has 0 radical (unpaired) electrons. The lowest BCUT2D eigenvalue weighted by Crippen LogP contribution is -2.41. The Balaban J connectivity index is 2.25. The first-order chi connectivity index (χ1) is 12.3. The molecule has 8 heteroatoms. The van der Waals surface area contributed by atoms with Gasteiger partial charge in [-0.15, -0.1) is 0 Å². The quantitative estimate of drug-likeness (QED) is 0.377. The summed E-state index contributed by atoms with van der Waals surface area (Å²) in [7, 11) is -1.21. The number of ether oxygens (including phenoxy) is 1. The number of aryl methyl sites for hydroxylation is 1. The standard InChI is InChI=1S/C19H25BF4O3/c1-13-6-8-14(9-7-13)15(10-11-25-12-19(22,23)24)16(21)20-26-17(2,3)18(4,5)27-20/h6-9H,10-12H2,1-5H3. The van der Waals surface area contributed by atoms with Crippen molar-refractivity contribution in [1.29, 1.82) is 0 Å². The van der Waals surface area contributed by atoms with Crippen LogP contribution in [0.25, 0.3) is 5.57 Å². The van der Waals surface area contributed by atoms with Crippen molar-refractivity contribution in [3.8, 4) is 0 Å². The van der Waals surface area contributed by atoms with Crippen LogP contribution in [-0.4, -0.2) is 37.7 Å². The van der Waals surface area contributed by atoms with Crippen LogP contribution in [-0.2, 0) is 14.0 Å². The second kappa shape index (κ2) is 7.93. The number of alkyl halides is 3. The Morgan fingerprint density at radius 2 is 1.56 bits per heavy atom. The van der Waals surface area contributed by atoms with Crippen LogP contribution in [0.1, 0.15) is 45.2 Å². The highest BCUT2D eigenvalue weighted by Gasteiger charge is 2.53. The van der Waals surface area contributed by atoms with Crippen LogP contribution in [0.4, 0.5) is 17.6 Å². The van der Waals surface area contributed by atoms with Gasteiger partial charge in [-0.05, 0) is 52.2 Å². The van der Waals surface area contributed by atoms with E-state index in [-0.39, 0.29) is 18.6 Å². The van der Waals surface area contributed by atoms with Gasteiger partial charge < -0.3 is 14.0 Å². The number of rotatable bonds is 6. The first kappa shape index (κ1) is 21.9. The fourth-order valence-electron chi connectivity index (χ4n) is 2.61. The molecule has 0 aromatic heterocycles. The van der Waals surface area contributed by atoms with E-state index in [2.05, 4.69) is 4.74 Å². The molecule has 1 fully saturated rings. The summed E-state index contributed by atoms with van der Waals surface area (Å²) in [5.74, 6) is 0. The lowest BCUT2D eigenvalue weighted by atomic mass is 9.81. The van der Waals surface area contributed by atoms with Crippen LogP contribution in [0, 0.1) is 6.92 Å². The highest BCUT2D eigenvalue weighted by atomic mass is 19.4. The maximum Gasteiger partial charge on any atom is 0.525 e. The molecule has 2 rings (SSSR count). The van der Waals surface area contributed by atoms with Gasteiger partial charge >= 0.3 is 13.3 Å². The van der Waals surface area contributed by atoms with Gasteiger partial charge in [-0.1, -0.05) is 29.8 Å². The van der Waals surface area contributed by atoms with Gasteiger partial charge in [0.25, 0.3) is 0 Å². The van der Waals surface area contributed by atoms with E-state index in [1.165, 1.54) is 0 Å². The van der Waals surface area contributed by atoms with Crippen molar-refractivity contribution < 1.29 is 31.6 Å². The highest BCUT2D eigenvalue weighted by Crippen LogP contribution is 2.40. The third-order valence-electron chi connectivity index (χ3n) is 4.91. The molecule has 1 saturated heterocycles. The van der Waals surface area contributed by atoms with Crippen molar-refractivity contribution in [2.45, 2.75) is 58.4 Å². The Morgan fingerprint density at radius 1 is 1.04 bits per heavy atom.